The van der Waals surface area contributed by atoms with Crippen molar-refractivity contribution < 1.29 is 52.7 Å². The van der Waals surface area contributed by atoms with Crippen molar-refractivity contribution in [1.82, 2.24) is 15.5 Å². The first-order valence-electron chi connectivity index (χ1n) is 25.0. The second-order valence-electron chi connectivity index (χ2n) is 19.2. The fourth-order valence-corrected chi connectivity index (χ4v) is 9.44. The molecule has 3 amide bonds. The van der Waals surface area contributed by atoms with Gasteiger partial charge in [-0.15, -0.1) is 0 Å². The van der Waals surface area contributed by atoms with Crippen LogP contribution in [0.1, 0.15) is 146 Å². The summed E-state index contributed by atoms with van der Waals surface area (Å²) in [7, 11) is 0. The molecule has 0 aromatic heterocycles. The van der Waals surface area contributed by atoms with Gasteiger partial charge in [-0.2, -0.15) is 0 Å². The van der Waals surface area contributed by atoms with Gasteiger partial charge < -0.3 is 30.1 Å². The number of nitrogens with one attached hydrogen (secondary N) is 2. The standard InChI is InChI=1S/C26H28F2N2O3.C17H22FNO.C10H9FO3.C2H6/c1-16-7-10-20(21(27)12-16)23(17-8-9-17)29-24(31)22-6-3-11-30(22)25(32)18-4-2-5-19(13-18)26(28)14-33-15-26;1-11-6-9-14(15(18)10-11)16(12-7-8-12)19-17(20)13-4-2-3-5-13;11-10(5-14-6-10)8-3-1-2-7(4-8)9(12)13;1-2/h2,4-5,7,10,12-13,17,22-23H,3,6,8-9,11,14-15H2,1H3,(H,29,31);6,9-10,12-13,16H,2-5,7-8H2,1H3,(H,19,20);1-4H,5-6H2,(H,12,13);1-2H3/t22-,23-;16-;;/m11../s1/i;;;1D. The maximum Gasteiger partial charge on any atom is 0.335 e. The number of aromatic carboxylic acids is 1. The molecule has 6 fully saturated rings. The molecule has 3 N–H and O–H groups in total. The first-order chi connectivity index (χ1) is 33.5. The van der Waals surface area contributed by atoms with Crippen LogP contribution in [-0.2, 0) is 30.4 Å². The van der Waals surface area contributed by atoms with E-state index in [0.717, 1.165) is 62.5 Å². The van der Waals surface area contributed by atoms with Crippen LogP contribution in [0, 0.1) is 43.2 Å². The minimum atomic E-state index is -1.56. The first-order valence-corrected chi connectivity index (χ1v) is 24.2. The van der Waals surface area contributed by atoms with Crippen LogP contribution in [0.2, 0.25) is 0 Å². The molecule has 14 heteroatoms. The Morgan fingerprint density at radius 1 is 0.667 bits per heavy atom. The van der Waals surface area contributed by atoms with E-state index in [-0.39, 0.29) is 79.2 Å². The van der Waals surface area contributed by atoms with E-state index in [9.17, 15) is 36.7 Å². The number of carbonyl (C=O) groups is 4. The van der Waals surface area contributed by atoms with Crippen molar-refractivity contribution in [2.45, 2.75) is 121 Å². The second kappa shape index (κ2) is 22.4. The largest absolute Gasteiger partial charge is 0.478 e. The monoisotopic (exact) mass is 956 g/mol. The number of benzene rings is 4. The van der Waals surface area contributed by atoms with Crippen LogP contribution in [0.4, 0.5) is 17.6 Å². The summed E-state index contributed by atoms with van der Waals surface area (Å²) in [6.45, 7) is 6.45. The van der Waals surface area contributed by atoms with Crippen molar-refractivity contribution in [3.8, 4) is 0 Å². The predicted octanol–water partition coefficient (Wildman–Crippen LogP) is 10.7. The van der Waals surface area contributed by atoms with Gasteiger partial charge in [-0.25, -0.2) is 22.4 Å². The third kappa shape index (κ3) is 12.4. The zero-order valence-electron chi connectivity index (χ0n) is 40.7. The van der Waals surface area contributed by atoms with E-state index in [4.69, 9.17) is 16.0 Å². The van der Waals surface area contributed by atoms with Gasteiger partial charge in [0.1, 0.15) is 17.7 Å². The third-order valence-electron chi connectivity index (χ3n) is 13.9. The van der Waals surface area contributed by atoms with Crippen LogP contribution in [-0.4, -0.2) is 72.7 Å². The summed E-state index contributed by atoms with van der Waals surface area (Å²) in [5.74, 6) is -1.21. The summed E-state index contributed by atoms with van der Waals surface area (Å²) < 4.78 is 73.3. The van der Waals surface area contributed by atoms with Gasteiger partial charge in [-0.1, -0.05) is 75.2 Å². The lowest BCUT2D eigenvalue weighted by Crippen LogP contribution is -2.47. The molecule has 0 unspecified atom stereocenters. The number of ether oxygens (including phenoxy) is 2. The molecule has 3 aliphatic carbocycles. The molecule has 0 radical (unpaired) electrons. The molecular formula is C55H65F4N3O7. The number of carboxylic acids is 1. The molecule has 0 spiro atoms. The van der Waals surface area contributed by atoms with E-state index in [1.165, 1.54) is 18.2 Å². The van der Waals surface area contributed by atoms with Crippen molar-refractivity contribution >= 4 is 23.7 Å². The molecule has 3 aliphatic heterocycles. The highest BCUT2D eigenvalue weighted by molar-refractivity contribution is 5.98. The first kappa shape index (κ1) is 49.8. The summed E-state index contributed by atoms with van der Waals surface area (Å²) in [5, 5.41) is 14.9. The Morgan fingerprint density at radius 3 is 1.57 bits per heavy atom. The zero-order valence-corrected chi connectivity index (χ0v) is 39.7. The number of alkyl halides is 2. The van der Waals surface area contributed by atoms with Crippen LogP contribution in [0.25, 0.3) is 0 Å². The molecule has 4 aromatic carbocycles. The Balaban J connectivity index is 0.000000165. The highest BCUT2D eigenvalue weighted by atomic mass is 19.2. The maximum atomic E-state index is 14.8. The van der Waals surface area contributed by atoms with E-state index in [1.54, 1.807) is 60.4 Å². The summed E-state index contributed by atoms with van der Waals surface area (Å²) in [6.07, 6.45) is 9.56. The maximum absolute atomic E-state index is 14.8. The van der Waals surface area contributed by atoms with Crippen LogP contribution < -0.4 is 10.6 Å². The summed E-state index contributed by atoms with van der Waals surface area (Å²) in [6, 6.07) is 21.7. The van der Waals surface area contributed by atoms with Crippen LogP contribution in [0.5, 0.6) is 0 Å². The fourth-order valence-electron chi connectivity index (χ4n) is 9.44. The van der Waals surface area contributed by atoms with Gasteiger partial charge in [0.2, 0.25) is 11.8 Å². The van der Waals surface area contributed by atoms with Gasteiger partial charge in [0.25, 0.3) is 5.91 Å². The number of halogens is 4. The van der Waals surface area contributed by atoms with E-state index >= 15 is 0 Å². The zero-order chi connectivity index (χ0) is 50.2. The number of nitrogens with zero attached hydrogens (tertiary/aromatic N) is 1. The lowest BCUT2D eigenvalue weighted by Gasteiger charge is -2.34. The number of amides is 3. The number of likely N-dealkylation sites (tertiary alicyclic amines) is 1. The van der Waals surface area contributed by atoms with Crippen molar-refractivity contribution in [1.29, 1.82) is 0 Å². The summed E-state index contributed by atoms with van der Waals surface area (Å²) in [4.78, 5) is 51.0. The number of carboxylic acid groups (broad SMARTS) is 1. The molecule has 3 heterocycles. The Kier molecular flexibility index (Phi) is 16.2. The SMILES string of the molecule is Cc1ccc([C@H](NC(=O)C2CCCC2)C2CC2)c(F)c1.Cc1ccc([C@H](NC(=O)[C@H]2CCCN2C(=O)c2cccc(C3(F)COC3)c2)C2CC2)c(F)c1.O=C(O)c1cccc(C2(F)COC2)c1.[2H]CC. The van der Waals surface area contributed by atoms with Crippen molar-refractivity contribution in [2.24, 2.45) is 17.8 Å². The molecule has 10 rings (SSSR count). The lowest BCUT2D eigenvalue weighted by molar-refractivity contribution is -0.135. The minimum absolute atomic E-state index is 0.00999. The van der Waals surface area contributed by atoms with Crippen molar-refractivity contribution in [3.05, 3.63) is 141 Å². The van der Waals surface area contributed by atoms with Gasteiger partial charge in [-0.3, -0.25) is 14.4 Å². The summed E-state index contributed by atoms with van der Waals surface area (Å²) in [5.41, 5.74) is 1.11. The van der Waals surface area contributed by atoms with Crippen LogP contribution in [0.3, 0.4) is 0 Å². The molecule has 3 saturated heterocycles. The number of carbonyl (C=O) groups excluding carboxylic acids is 3. The molecule has 3 atom stereocenters. The van der Waals surface area contributed by atoms with Gasteiger partial charge >= 0.3 is 5.97 Å². The van der Waals surface area contributed by atoms with E-state index < -0.39 is 29.4 Å². The van der Waals surface area contributed by atoms with Crippen molar-refractivity contribution in [3.63, 3.8) is 0 Å². The molecule has 69 heavy (non-hydrogen) atoms. The fraction of sp³-hybridized carbons (Fsp3) is 0.491. The Bertz CT molecular complexity index is 2490. The smallest absolute Gasteiger partial charge is 0.335 e. The highest BCUT2D eigenvalue weighted by Gasteiger charge is 2.44. The number of hydrogen-bond donors (Lipinski definition) is 3. The van der Waals surface area contributed by atoms with Gasteiger partial charge in [-0.05, 0) is 136 Å². The third-order valence-corrected chi connectivity index (χ3v) is 13.9. The highest BCUT2D eigenvalue weighted by Crippen LogP contribution is 2.44. The Morgan fingerprint density at radius 2 is 1.13 bits per heavy atom. The normalized spacial score (nSPS) is 20.9. The molecule has 3 saturated carbocycles. The average Bonchev–Trinajstić information content (AvgIpc) is 4.24. The average molecular weight is 957 g/mol. The van der Waals surface area contributed by atoms with Gasteiger partial charge in [0.15, 0.2) is 11.3 Å². The number of aryl methyl sites for hydroxylation is 2. The molecule has 4 aromatic rings. The number of hydrogen-bond acceptors (Lipinski definition) is 6. The quantitative estimate of drug-likeness (QED) is 0.120. The van der Waals surface area contributed by atoms with Gasteiger partial charge in [0.05, 0.1) is 44.1 Å². The van der Waals surface area contributed by atoms with E-state index in [0.29, 0.717) is 60.0 Å². The molecule has 6 aliphatic rings. The lowest BCUT2D eigenvalue weighted by atomic mass is 9.92. The minimum Gasteiger partial charge on any atom is -0.478 e. The van der Waals surface area contributed by atoms with Crippen LogP contribution in [0.15, 0.2) is 84.9 Å². The molecule has 0 bridgehead atoms. The molecular weight excluding hydrogens is 891 g/mol. The molecule has 370 valence electrons. The Labute approximate surface area is 403 Å². The predicted molar refractivity (Wildman–Crippen MR) is 254 cm³/mol. The van der Waals surface area contributed by atoms with Crippen molar-refractivity contribution in [2.75, 3.05) is 33.0 Å². The summed E-state index contributed by atoms with van der Waals surface area (Å²) >= 11 is 0. The second-order valence-corrected chi connectivity index (χ2v) is 19.2. The van der Waals surface area contributed by atoms with Gasteiger partial charge in [0, 0.05) is 30.5 Å². The van der Waals surface area contributed by atoms with E-state index in [2.05, 4.69) is 10.6 Å². The topological polar surface area (TPSA) is 134 Å². The molecule has 10 nitrogen and oxygen atoms in total. The van der Waals surface area contributed by atoms with Crippen LogP contribution >= 0.6 is 0 Å². The Hall–Kier alpha value is -5.60. The van der Waals surface area contributed by atoms with E-state index in [1.807, 2.05) is 32.0 Å². The number of rotatable bonds is 12.